The van der Waals surface area contributed by atoms with E-state index in [1.54, 1.807) is 0 Å². The third-order valence-corrected chi connectivity index (χ3v) is 10.7. The number of fused-ring (bicyclic) bond motifs is 3. The highest BCUT2D eigenvalue weighted by molar-refractivity contribution is 7.24. The molecule has 0 N–H and O–H groups in total. The topological polar surface area (TPSA) is 43.9 Å². The second-order valence-electron chi connectivity index (χ2n) is 12.2. The molecular weight excluding hydrogens is 595 g/mol. The number of rotatable bonds is 3. The van der Waals surface area contributed by atoms with Crippen molar-refractivity contribution < 1.29 is 4.42 Å². The van der Waals surface area contributed by atoms with E-state index in [-0.39, 0.29) is 0 Å². The van der Waals surface area contributed by atoms with E-state index in [4.69, 9.17) is 14.4 Å². The molecule has 0 fully saturated rings. The van der Waals surface area contributed by atoms with Crippen LogP contribution < -0.4 is 0 Å². The van der Waals surface area contributed by atoms with Crippen LogP contribution in [-0.2, 0) is 0 Å². The normalized spacial score (nSPS) is 12.3. The Balaban J connectivity index is 1.16. The largest absolute Gasteiger partial charge is 0.452 e. The summed E-state index contributed by atoms with van der Waals surface area (Å²) in [5.74, 6) is 0.675. The number of hydrogen-bond acceptors (Lipinski definition) is 4. The van der Waals surface area contributed by atoms with Crippen LogP contribution in [0.5, 0.6) is 0 Å². The lowest BCUT2D eigenvalue weighted by Crippen LogP contribution is -1.96. The number of para-hydroxylation sites is 1. The predicted molar refractivity (Wildman–Crippen MR) is 196 cm³/mol. The molecule has 4 nitrogen and oxygen atoms in total. The fourth-order valence-electron chi connectivity index (χ4n) is 7.52. The summed E-state index contributed by atoms with van der Waals surface area (Å²) in [6, 6.07) is 49.4. The summed E-state index contributed by atoms with van der Waals surface area (Å²) in [6.45, 7) is 0. The van der Waals surface area contributed by atoms with Crippen molar-refractivity contribution in [3.8, 4) is 28.3 Å². The molecule has 11 aromatic rings. The van der Waals surface area contributed by atoms with Crippen LogP contribution in [-0.4, -0.2) is 14.5 Å². The number of furan rings is 1. The maximum atomic E-state index is 6.32. The van der Waals surface area contributed by atoms with Crippen LogP contribution in [0.25, 0.3) is 103 Å². The molecule has 4 heterocycles. The van der Waals surface area contributed by atoms with Gasteiger partial charge in [0.15, 0.2) is 11.4 Å². The number of hydrogen-bond donors (Lipinski definition) is 0. The Morgan fingerprint density at radius 3 is 1.87 bits per heavy atom. The van der Waals surface area contributed by atoms with E-state index in [1.807, 2.05) is 47.7 Å². The molecule has 0 aliphatic carbocycles. The molecule has 0 unspecified atom stereocenters. The van der Waals surface area contributed by atoms with Crippen molar-refractivity contribution in [2.45, 2.75) is 0 Å². The van der Waals surface area contributed by atoms with Crippen molar-refractivity contribution in [3.63, 3.8) is 0 Å². The standard InChI is InChI=1S/C42H23N3OS/c1-2-8-26(9-3-1)39-41-40(29-12-4-5-13-32(29)46-41)44-42(43-39)27-16-20-28(21-17-27)45-30-22-18-24-10-6-14-33-35(24)37(30)38-31(45)23-19-25-11-7-15-34(47-33)36(25)38/h1-23H. The van der Waals surface area contributed by atoms with Gasteiger partial charge in [0.25, 0.3) is 0 Å². The Morgan fingerprint density at radius 2 is 1.17 bits per heavy atom. The molecule has 47 heavy (non-hydrogen) atoms. The van der Waals surface area contributed by atoms with E-state index in [0.29, 0.717) is 11.4 Å². The van der Waals surface area contributed by atoms with Crippen molar-refractivity contribution in [3.05, 3.63) is 140 Å². The highest BCUT2D eigenvalue weighted by atomic mass is 32.1. The summed E-state index contributed by atoms with van der Waals surface area (Å²) in [6.07, 6.45) is 0. The van der Waals surface area contributed by atoms with Crippen LogP contribution in [0.2, 0.25) is 0 Å². The zero-order chi connectivity index (χ0) is 30.6. The Hall–Kier alpha value is -6.04. The first-order valence-electron chi connectivity index (χ1n) is 15.8. The minimum Gasteiger partial charge on any atom is -0.452 e. The lowest BCUT2D eigenvalue weighted by atomic mass is 10.00. The third kappa shape index (κ3) is 3.46. The molecule has 7 aromatic carbocycles. The zero-order valence-electron chi connectivity index (χ0n) is 24.9. The molecule has 0 saturated heterocycles. The Bertz CT molecular complexity index is 2900. The van der Waals surface area contributed by atoms with Gasteiger partial charge in [0.2, 0.25) is 0 Å². The smallest absolute Gasteiger partial charge is 0.180 e. The summed E-state index contributed by atoms with van der Waals surface area (Å²) >= 11 is 1.88. The van der Waals surface area contributed by atoms with Crippen LogP contribution in [0, 0.1) is 0 Å². The van der Waals surface area contributed by atoms with Gasteiger partial charge in [0.1, 0.15) is 16.8 Å². The van der Waals surface area contributed by atoms with Crippen molar-refractivity contribution in [1.29, 1.82) is 0 Å². The van der Waals surface area contributed by atoms with Gasteiger partial charge in [-0.1, -0.05) is 78.9 Å². The zero-order valence-corrected chi connectivity index (χ0v) is 25.8. The maximum Gasteiger partial charge on any atom is 0.180 e. The van der Waals surface area contributed by atoms with E-state index in [9.17, 15) is 0 Å². The van der Waals surface area contributed by atoms with E-state index >= 15 is 0 Å². The van der Waals surface area contributed by atoms with Gasteiger partial charge in [-0.25, -0.2) is 9.97 Å². The number of nitrogens with zero attached hydrogens (tertiary/aromatic N) is 3. The van der Waals surface area contributed by atoms with Crippen LogP contribution in [0.15, 0.2) is 144 Å². The quantitative estimate of drug-likeness (QED) is 0.198. The Labute approximate surface area is 272 Å². The Morgan fingerprint density at radius 1 is 0.511 bits per heavy atom. The summed E-state index contributed by atoms with van der Waals surface area (Å²) in [5.41, 5.74) is 8.63. The minimum absolute atomic E-state index is 0.675. The summed E-state index contributed by atoms with van der Waals surface area (Å²) in [5, 5.41) is 8.86. The van der Waals surface area contributed by atoms with Gasteiger partial charge < -0.3 is 8.98 Å². The molecule has 218 valence electrons. The fraction of sp³-hybridized carbons (Fsp3) is 0. The van der Waals surface area contributed by atoms with E-state index in [2.05, 4.69) is 108 Å². The lowest BCUT2D eigenvalue weighted by Gasteiger charge is -2.11. The van der Waals surface area contributed by atoms with Gasteiger partial charge in [-0.2, -0.15) is 0 Å². The molecule has 0 atom stereocenters. The molecule has 5 heteroatoms. The van der Waals surface area contributed by atoms with Crippen molar-refractivity contribution in [2.24, 2.45) is 0 Å². The second-order valence-corrected chi connectivity index (χ2v) is 13.2. The van der Waals surface area contributed by atoms with Gasteiger partial charge in [0.05, 0.1) is 11.0 Å². The molecule has 0 amide bonds. The Kier molecular flexibility index (Phi) is 4.96. The van der Waals surface area contributed by atoms with Gasteiger partial charge in [0, 0.05) is 53.1 Å². The first-order chi connectivity index (χ1) is 23.3. The summed E-state index contributed by atoms with van der Waals surface area (Å²) < 4.78 is 11.3. The highest BCUT2D eigenvalue weighted by Gasteiger charge is 2.21. The molecular formula is C42H23N3OS. The monoisotopic (exact) mass is 617 g/mol. The van der Waals surface area contributed by atoms with E-state index in [0.717, 1.165) is 39.0 Å². The average molecular weight is 618 g/mol. The molecule has 0 spiro atoms. The van der Waals surface area contributed by atoms with Crippen molar-refractivity contribution in [1.82, 2.24) is 14.5 Å². The SMILES string of the molecule is c1ccc(-c2nc(-c3ccc(-n4c5ccc6cccc7sc8cccc9ccc4c(c98)c5c67)cc3)nc3c2oc2ccccc23)cc1. The van der Waals surface area contributed by atoms with Crippen LogP contribution in [0.3, 0.4) is 0 Å². The fourth-order valence-corrected chi connectivity index (χ4v) is 8.69. The summed E-state index contributed by atoms with van der Waals surface area (Å²) in [4.78, 5) is 10.2. The second kappa shape index (κ2) is 9.25. The molecule has 0 aliphatic heterocycles. The van der Waals surface area contributed by atoms with Crippen LogP contribution >= 0.6 is 11.3 Å². The molecule has 0 radical (unpaired) electrons. The van der Waals surface area contributed by atoms with Gasteiger partial charge in [-0.05, 0) is 71.4 Å². The molecule has 4 aromatic heterocycles. The molecule has 0 saturated carbocycles. The highest BCUT2D eigenvalue weighted by Crippen LogP contribution is 2.46. The van der Waals surface area contributed by atoms with Crippen molar-refractivity contribution >= 4 is 86.2 Å². The van der Waals surface area contributed by atoms with Gasteiger partial charge >= 0.3 is 0 Å². The number of benzene rings is 7. The summed E-state index contributed by atoms with van der Waals surface area (Å²) in [7, 11) is 0. The van der Waals surface area contributed by atoms with Gasteiger partial charge in [-0.3, -0.25) is 0 Å². The maximum absolute atomic E-state index is 6.32. The first-order valence-corrected chi connectivity index (χ1v) is 16.6. The minimum atomic E-state index is 0.675. The third-order valence-electron chi connectivity index (χ3n) is 9.57. The van der Waals surface area contributed by atoms with Gasteiger partial charge in [-0.15, -0.1) is 11.3 Å². The van der Waals surface area contributed by atoms with E-state index in [1.165, 1.54) is 52.8 Å². The average Bonchev–Trinajstić information content (AvgIpc) is 3.63. The molecule has 0 bridgehead atoms. The molecule has 0 aliphatic rings. The first kappa shape index (κ1) is 25.2. The predicted octanol–water partition coefficient (Wildman–Crippen LogP) is 11.8. The van der Waals surface area contributed by atoms with E-state index < -0.39 is 0 Å². The number of aromatic nitrogens is 3. The van der Waals surface area contributed by atoms with Crippen LogP contribution in [0.4, 0.5) is 0 Å². The van der Waals surface area contributed by atoms with Crippen LogP contribution in [0.1, 0.15) is 0 Å². The lowest BCUT2D eigenvalue weighted by molar-refractivity contribution is 0.667. The van der Waals surface area contributed by atoms with Crippen molar-refractivity contribution in [2.75, 3.05) is 0 Å². The molecule has 11 rings (SSSR count).